The quantitative estimate of drug-likeness (QED) is 0.768. The van der Waals surface area contributed by atoms with Crippen molar-refractivity contribution < 1.29 is 9.90 Å². The zero-order valence-corrected chi connectivity index (χ0v) is 10.0. The van der Waals surface area contributed by atoms with E-state index in [4.69, 9.17) is 5.11 Å². The lowest BCUT2D eigenvalue weighted by Gasteiger charge is -2.14. The maximum atomic E-state index is 10.9. The normalized spacial score (nSPS) is 11.0. The van der Waals surface area contributed by atoms with Crippen molar-refractivity contribution in [1.82, 2.24) is 15.1 Å². The van der Waals surface area contributed by atoms with Crippen molar-refractivity contribution in [3.05, 3.63) is 17.5 Å². The van der Waals surface area contributed by atoms with Crippen molar-refractivity contribution in [2.75, 3.05) is 0 Å². The number of aryl methyl sites for hydroxylation is 1. The molecule has 5 heteroatoms. The third-order valence-corrected chi connectivity index (χ3v) is 2.84. The first-order valence-electron chi connectivity index (χ1n) is 5.57. The number of hydrogen-bond acceptors (Lipinski definition) is 3. The van der Waals surface area contributed by atoms with Gasteiger partial charge < -0.3 is 10.4 Å². The third-order valence-electron chi connectivity index (χ3n) is 2.84. The minimum atomic E-state index is -0.922. The molecule has 0 atom stereocenters. The van der Waals surface area contributed by atoms with Gasteiger partial charge in [-0.3, -0.25) is 4.68 Å². The molecular formula is C11H19N3O2. The standard InChI is InChI=1S/C11H19N3O2/c1-4-8(5-2)12-7-10-9(11(15)16)6-13-14(10)3/h6,8,12H,4-5,7H2,1-3H3,(H,15,16). The number of carboxylic acids is 1. The molecule has 1 rings (SSSR count). The van der Waals surface area contributed by atoms with Crippen LogP contribution in [0.25, 0.3) is 0 Å². The molecule has 0 amide bonds. The van der Waals surface area contributed by atoms with Crippen LogP contribution in [-0.4, -0.2) is 26.9 Å². The molecule has 0 aliphatic rings. The third kappa shape index (κ3) is 2.82. The highest BCUT2D eigenvalue weighted by Gasteiger charge is 2.15. The Morgan fingerprint density at radius 1 is 1.56 bits per heavy atom. The molecule has 2 N–H and O–H groups in total. The van der Waals surface area contributed by atoms with Crippen LogP contribution in [0.2, 0.25) is 0 Å². The number of nitrogens with one attached hydrogen (secondary N) is 1. The van der Waals surface area contributed by atoms with Crippen molar-refractivity contribution in [1.29, 1.82) is 0 Å². The van der Waals surface area contributed by atoms with E-state index in [-0.39, 0.29) is 5.56 Å². The SMILES string of the molecule is CCC(CC)NCc1c(C(=O)O)cnn1C. The summed E-state index contributed by atoms with van der Waals surface area (Å²) >= 11 is 0. The van der Waals surface area contributed by atoms with Gasteiger partial charge in [0.25, 0.3) is 0 Å². The maximum Gasteiger partial charge on any atom is 0.339 e. The second-order valence-corrected chi connectivity index (χ2v) is 3.83. The smallest absolute Gasteiger partial charge is 0.339 e. The minimum absolute atomic E-state index is 0.279. The first-order chi connectivity index (χ1) is 7.60. The van der Waals surface area contributed by atoms with Gasteiger partial charge in [-0.2, -0.15) is 5.10 Å². The zero-order chi connectivity index (χ0) is 12.1. The first-order valence-corrected chi connectivity index (χ1v) is 5.57. The van der Waals surface area contributed by atoms with E-state index in [1.807, 2.05) is 0 Å². The Balaban J connectivity index is 2.72. The Morgan fingerprint density at radius 3 is 2.69 bits per heavy atom. The van der Waals surface area contributed by atoms with Crippen LogP contribution >= 0.6 is 0 Å². The largest absolute Gasteiger partial charge is 0.478 e. The van der Waals surface area contributed by atoms with Crippen LogP contribution in [-0.2, 0) is 13.6 Å². The van der Waals surface area contributed by atoms with Crippen LogP contribution in [0.5, 0.6) is 0 Å². The molecule has 0 radical (unpaired) electrons. The summed E-state index contributed by atoms with van der Waals surface area (Å²) in [6, 6.07) is 0.427. The molecule has 1 aromatic heterocycles. The molecule has 1 aromatic rings. The molecule has 5 nitrogen and oxygen atoms in total. The lowest BCUT2D eigenvalue weighted by atomic mass is 10.1. The van der Waals surface area contributed by atoms with Gasteiger partial charge in [-0.05, 0) is 12.8 Å². The summed E-state index contributed by atoms with van der Waals surface area (Å²) in [5, 5.41) is 16.3. The number of aromatic nitrogens is 2. The lowest BCUT2D eigenvalue weighted by Crippen LogP contribution is -2.28. The monoisotopic (exact) mass is 225 g/mol. The molecule has 0 bridgehead atoms. The summed E-state index contributed by atoms with van der Waals surface area (Å²) in [6.07, 6.45) is 3.47. The van der Waals surface area contributed by atoms with Crippen LogP contribution in [0.15, 0.2) is 6.20 Å². The first kappa shape index (κ1) is 12.7. The van der Waals surface area contributed by atoms with Crippen LogP contribution in [0.1, 0.15) is 42.7 Å². The molecule has 0 saturated heterocycles. The van der Waals surface area contributed by atoms with E-state index in [9.17, 15) is 4.79 Å². The minimum Gasteiger partial charge on any atom is -0.478 e. The van der Waals surface area contributed by atoms with E-state index >= 15 is 0 Å². The van der Waals surface area contributed by atoms with Crippen molar-refractivity contribution in [3.63, 3.8) is 0 Å². The fraction of sp³-hybridized carbons (Fsp3) is 0.636. The van der Waals surface area contributed by atoms with Gasteiger partial charge in [0.2, 0.25) is 0 Å². The number of aromatic carboxylic acids is 1. The molecule has 90 valence electrons. The number of hydrogen-bond donors (Lipinski definition) is 2. The summed E-state index contributed by atoms with van der Waals surface area (Å²) in [4.78, 5) is 10.9. The molecule has 16 heavy (non-hydrogen) atoms. The molecule has 0 saturated carbocycles. The molecule has 1 heterocycles. The predicted octanol–water partition coefficient (Wildman–Crippen LogP) is 1.40. The Hall–Kier alpha value is -1.36. The van der Waals surface area contributed by atoms with Gasteiger partial charge in [0.15, 0.2) is 0 Å². The average molecular weight is 225 g/mol. The van der Waals surface area contributed by atoms with Gasteiger partial charge in [-0.15, -0.1) is 0 Å². The van der Waals surface area contributed by atoms with E-state index in [0.29, 0.717) is 12.6 Å². The van der Waals surface area contributed by atoms with Gasteiger partial charge >= 0.3 is 5.97 Å². The molecule has 0 aliphatic heterocycles. The van der Waals surface area contributed by atoms with Crippen LogP contribution < -0.4 is 5.32 Å². The van der Waals surface area contributed by atoms with Gasteiger partial charge in [-0.25, -0.2) is 4.79 Å². The molecular weight excluding hydrogens is 206 g/mol. The highest BCUT2D eigenvalue weighted by atomic mass is 16.4. The second-order valence-electron chi connectivity index (χ2n) is 3.83. The van der Waals surface area contributed by atoms with Gasteiger partial charge in [0, 0.05) is 19.6 Å². The Kier molecular flexibility index (Phi) is 4.49. The molecule has 0 fully saturated rings. The fourth-order valence-corrected chi connectivity index (χ4v) is 1.67. The topological polar surface area (TPSA) is 67.2 Å². The second kappa shape index (κ2) is 5.65. The zero-order valence-electron chi connectivity index (χ0n) is 10.0. The van der Waals surface area contributed by atoms with Crippen molar-refractivity contribution in [2.24, 2.45) is 7.05 Å². The Bertz CT molecular complexity index is 356. The summed E-state index contributed by atoms with van der Waals surface area (Å²) in [5.41, 5.74) is 1.00. The molecule has 0 aromatic carbocycles. The van der Waals surface area contributed by atoms with Crippen LogP contribution in [0, 0.1) is 0 Å². The predicted molar refractivity (Wildman–Crippen MR) is 61.4 cm³/mol. The highest BCUT2D eigenvalue weighted by molar-refractivity contribution is 5.88. The fourth-order valence-electron chi connectivity index (χ4n) is 1.67. The number of carboxylic acid groups (broad SMARTS) is 1. The number of carbonyl (C=O) groups is 1. The highest BCUT2D eigenvalue weighted by Crippen LogP contribution is 2.08. The van der Waals surface area contributed by atoms with Gasteiger partial charge in [0.05, 0.1) is 11.9 Å². The van der Waals surface area contributed by atoms with Gasteiger partial charge in [0.1, 0.15) is 5.56 Å². The Labute approximate surface area is 95.5 Å². The van der Waals surface area contributed by atoms with E-state index in [1.165, 1.54) is 6.20 Å². The van der Waals surface area contributed by atoms with Crippen molar-refractivity contribution in [3.8, 4) is 0 Å². The summed E-state index contributed by atoms with van der Waals surface area (Å²) < 4.78 is 1.61. The van der Waals surface area contributed by atoms with Crippen LogP contribution in [0.4, 0.5) is 0 Å². The van der Waals surface area contributed by atoms with Crippen molar-refractivity contribution >= 4 is 5.97 Å². The molecule has 0 unspecified atom stereocenters. The van der Waals surface area contributed by atoms with E-state index in [1.54, 1.807) is 11.7 Å². The number of nitrogens with zero attached hydrogens (tertiary/aromatic N) is 2. The van der Waals surface area contributed by atoms with Gasteiger partial charge in [-0.1, -0.05) is 13.8 Å². The van der Waals surface area contributed by atoms with Crippen LogP contribution in [0.3, 0.4) is 0 Å². The summed E-state index contributed by atoms with van der Waals surface area (Å²) in [5.74, 6) is -0.922. The van der Waals surface area contributed by atoms with Crippen molar-refractivity contribution in [2.45, 2.75) is 39.3 Å². The maximum absolute atomic E-state index is 10.9. The van der Waals surface area contributed by atoms with E-state index < -0.39 is 5.97 Å². The van der Waals surface area contributed by atoms with E-state index in [2.05, 4.69) is 24.3 Å². The summed E-state index contributed by atoms with van der Waals surface area (Å²) in [6.45, 7) is 4.77. The number of rotatable bonds is 6. The molecule has 0 aliphatic carbocycles. The Morgan fingerprint density at radius 2 is 2.19 bits per heavy atom. The summed E-state index contributed by atoms with van der Waals surface area (Å²) in [7, 11) is 1.76. The van der Waals surface area contributed by atoms with E-state index in [0.717, 1.165) is 18.5 Å². The average Bonchev–Trinajstić information content (AvgIpc) is 2.62. The lowest BCUT2D eigenvalue weighted by molar-refractivity contribution is 0.0695. The molecule has 0 spiro atoms.